The Morgan fingerprint density at radius 3 is 2.75 bits per heavy atom. The molecule has 0 bridgehead atoms. The van der Waals surface area contributed by atoms with Gasteiger partial charge in [-0.05, 0) is 18.2 Å². The molecule has 0 saturated carbocycles. The van der Waals surface area contributed by atoms with E-state index in [0.717, 1.165) is 17.1 Å². The molecule has 1 aromatic heterocycles. The first kappa shape index (κ1) is 10.3. The van der Waals surface area contributed by atoms with Gasteiger partial charge in [0.05, 0.1) is 7.11 Å². The van der Waals surface area contributed by atoms with Gasteiger partial charge in [-0.1, -0.05) is 6.07 Å². The van der Waals surface area contributed by atoms with Gasteiger partial charge in [-0.15, -0.1) is 0 Å². The molecule has 0 spiro atoms. The number of hydrogen-bond acceptors (Lipinski definition) is 4. The zero-order chi connectivity index (χ0) is 11.4. The number of ether oxygens (including phenoxy) is 1. The molecule has 0 aliphatic carbocycles. The summed E-state index contributed by atoms with van der Waals surface area (Å²) in [6, 6.07) is 11.3. The fourth-order valence-electron chi connectivity index (χ4n) is 1.39. The van der Waals surface area contributed by atoms with Crippen LogP contribution in [0.4, 0.5) is 17.2 Å². The summed E-state index contributed by atoms with van der Waals surface area (Å²) in [4.78, 5) is 3.93. The van der Waals surface area contributed by atoms with Crippen molar-refractivity contribution in [2.24, 2.45) is 0 Å². The molecule has 0 aliphatic rings. The third-order valence-electron chi connectivity index (χ3n) is 2.14. The topological polar surface area (TPSA) is 60.2 Å². The highest BCUT2D eigenvalue weighted by Crippen LogP contribution is 2.21. The first-order valence-electron chi connectivity index (χ1n) is 4.90. The van der Waals surface area contributed by atoms with Gasteiger partial charge in [0.25, 0.3) is 0 Å². The van der Waals surface area contributed by atoms with E-state index in [1.54, 1.807) is 19.4 Å². The number of hydrogen-bond donors (Lipinski definition) is 2. The van der Waals surface area contributed by atoms with Crippen molar-refractivity contribution in [3.8, 4) is 5.75 Å². The number of rotatable bonds is 3. The molecule has 2 rings (SSSR count). The van der Waals surface area contributed by atoms with E-state index in [1.165, 1.54) is 0 Å². The first-order valence-corrected chi connectivity index (χ1v) is 4.90. The van der Waals surface area contributed by atoms with Crippen molar-refractivity contribution in [1.29, 1.82) is 0 Å². The van der Waals surface area contributed by atoms with Crippen LogP contribution in [0.5, 0.6) is 5.75 Å². The second kappa shape index (κ2) is 4.53. The van der Waals surface area contributed by atoms with E-state index >= 15 is 0 Å². The van der Waals surface area contributed by atoms with Gasteiger partial charge < -0.3 is 15.8 Å². The van der Waals surface area contributed by atoms with Gasteiger partial charge in [-0.2, -0.15) is 0 Å². The highest BCUT2D eigenvalue weighted by Gasteiger charge is 1.97. The molecule has 2 aromatic rings. The summed E-state index contributed by atoms with van der Waals surface area (Å²) in [6.07, 6.45) is 1.66. The zero-order valence-electron chi connectivity index (χ0n) is 8.97. The lowest BCUT2D eigenvalue weighted by molar-refractivity contribution is 0.415. The number of pyridine rings is 1. The number of aromatic nitrogens is 1. The van der Waals surface area contributed by atoms with Gasteiger partial charge in [-0.25, -0.2) is 4.98 Å². The maximum absolute atomic E-state index is 5.59. The molecule has 16 heavy (non-hydrogen) atoms. The highest BCUT2D eigenvalue weighted by atomic mass is 16.5. The van der Waals surface area contributed by atoms with Crippen molar-refractivity contribution in [3.05, 3.63) is 42.6 Å². The number of anilines is 3. The van der Waals surface area contributed by atoms with Crippen LogP contribution in [-0.2, 0) is 0 Å². The van der Waals surface area contributed by atoms with Crippen molar-refractivity contribution in [2.45, 2.75) is 0 Å². The molecular weight excluding hydrogens is 202 g/mol. The summed E-state index contributed by atoms with van der Waals surface area (Å²) < 4.78 is 5.14. The lowest BCUT2D eigenvalue weighted by atomic mass is 10.3. The summed E-state index contributed by atoms with van der Waals surface area (Å²) >= 11 is 0. The molecule has 0 radical (unpaired) electrons. The molecule has 0 fully saturated rings. The van der Waals surface area contributed by atoms with E-state index in [0.29, 0.717) is 5.82 Å². The lowest BCUT2D eigenvalue weighted by Gasteiger charge is -2.08. The molecule has 0 amide bonds. The predicted octanol–water partition coefficient (Wildman–Crippen LogP) is 2.42. The quantitative estimate of drug-likeness (QED) is 0.825. The lowest BCUT2D eigenvalue weighted by Crippen LogP contribution is -1.94. The van der Waals surface area contributed by atoms with Crippen LogP contribution in [0.3, 0.4) is 0 Å². The molecule has 0 saturated heterocycles. The molecule has 3 N–H and O–H groups in total. The minimum absolute atomic E-state index is 0.493. The highest BCUT2D eigenvalue weighted by molar-refractivity contribution is 5.62. The van der Waals surface area contributed by atoms with Gasteiger partial charge in [-0.3, -0.25) is 0 Å². The molecule has 1 heterocycles. The normalized spacial score (nSPS) is 9.81. The third kappa shape index (κ3) is 2.42. The number of benzene rings is 1. The molecule has 4 heteroatoms. The first-order chi connectivity index (χ1) is 7.78. The van der Waals surface area contributed by atoms with Crippen LogP contribution >= 0.6 is 0 Å². The minimum Gasteiger partial charge on any atom is -0.497 e. The van der Waals surface area contributed by atoms with Crippen molar-refractivity contribution in [2.75, 3.05) is 18.2 Å². The summed E-state index contributed by atoms with van der Waals surface area (Å²) in [7, 11) is 1.64. The van der Waals surface area contributed by atoms with Gasteiger partial charge >= 0.3 is 0 Å². The molecule has 0 atom stereocenters. The van der Waals surface area contributed by atoms with Gasteiger partial charge in [0.2, 0.25) is 0 Å². The fourth-order valence-corrected chi connectivity index (χ4v) is 1.39. The molecule has 4 nitrogen and oxygen atoms in total. The number of nitrogen functional groups attached to an aromatic ring is 1. The minimum atomic E-state index is 0.493. The van der Waals surface area contributed by atoms with Gasteiger partial charge in [0.1, 0.15) is 11.6 Å². The van der Waals surface area contributed by atoms with E-state index in [9.17, 15) is 0 Å². The van der Waals surface area contributed by atoms with Gasteiger partial charge in [0.15, 0.2) is 0 Å². The summed E-state index contributed by atoms with van der Waals surface area (Å²) in [5.41, 5.74) is 7.45. The Balaban J connectivity index is 2.20. The standard InChI is InChI=1S/C12H13N3O/c1-16-11-4-2-3-9(7-11)15-10-5-6-14-12(13)8-10/h2-8H,1H3,(H3,13,14,15). The summed E-state index contributed by atoms with van der Waals surface area (Å²) in [5.74, 6) is 1.31. The van der Waals surface area contributed by atoms with Crippen molar-refractivity contribution < 1.29 is 4.74 Å². The van der Waals surface area contributed by atoms with E-state index in [1.807, 2.05) is 30.3 Å². The number of nitrogens with one attached hydrogen (secondary N) is 1. The van der Waals surface area contributed by atoms with Crippen LogP contribution in [0.1, 0.15) is 0 Å². The largest absolute Gasteiger partial charge is 0.497 e. The van der Waals surface area contributed by atoms with Crippen LogP contribution in [0.15, 0.2) is 42.6 Å². The third-order valence-corrected chi connectivity index (χ3v) is 2.14. The second-order valence-electron chi connectivity index (χ2n) is 3.33. The SMILES string of the molecule is COc1cccc(Nc2ccnc(N)c2)c1. The van der Waals surface area contributed by atoms with Crippen LogP contribution < -0.4 is 15.8 Å². The Hall–Kier alpha value is -2.23. The van der Waals surface area contributed by atoms with Crippen LogP contribution in [0, 0.1) is 0 Å². The van der Waals surface area contributed by atoms with E-state index in [2.05, 4.69) is 10.3 Å². The number of methoxy groups -OCH3 is 1. The summed E-state index contributed by atoms with van der Waals surface area (Å²) in [6.45, 7) is 0. The Morgan fingerprint density at radius 2 is 2.00 bits per heavy atom. The Kier molecular flexibility index (Phi) is 2.91. The van der Waals surface area contributed by atoms with Gasteiger partial charge in [0, 0.05) is 29.7 Å². The number of nitrogens with zero attached hydrogens (tertiary/aromatic N) is 1. The molecule has 82 valence electrons. The average molecular weight is 215 g/mol. The molecule has 1 aromatic carbocycles. The average Bonchev–Trinajstić information content (AvgIpc) is 2.29. The fraction of sp³-hybridized carbons (Fsp3) is 0.0833. The van der Waals surface area contributed by atoms with Crippen LogP contribution in [0.25, 0.3) is 0 Å². The van der Waals surface area contributed by atoms with Crippen LogP contribution in [-0.4, -0.2) is 12.1 Å². The zero-order valence-corrected chi connectivity index (χ0v) is 8.97. The Labute approximate surface area is 94.1 Å². The monoisotopic (exact) mass is 215 g/mol. The van der Waals surface area contributed by atoms with E-state index < -0.39 is 0 Å². The van der Waals surface area contributed by atoms with Crippen molar-refractivity contribution >= 4 is 17.2 Å². The second-order valence-corrected chi connectivity index (χ2v) is 3.33. The maximum Gasteiger partial charge on any atom is 0.125 e. The summed E-state index contributed by atoms with van der Waals surface area (Å²) in [5, 5.41) is 3.22. The Bertz CT molecular complexity index is 485. The van der Waals surface area contributed by atoms with Crippen molar-refractivity contribution in [3.63, 3.8) is 0 Å². The van der Waals surface area contributed by atoms with E-state index in [4.69, 9.17) is 10.5 Å². The van der Waals surface area contributed by atoms with Crippen LogP contribution in [0.2, 0.25) is 0 Å². The van der Waals surface area contributed by atoms with E-state index in [-0.39, 0.29) is 0 Å². The smallest absolute Gasteiger partial charge is 0.125 e. The number of nitrogens with two attached hydrogens (primary N) is 1. The predicted molar refractivity (Wildman–Crippen MR) is 64.9 cm³/mol. The van der Waals surface area contributed by atoms with Crippen molar-refractivity contribution in [1.82, 2.24) is 4.98 Å². The maximum atomic E-state index is 5.59. The molecule has 0 unspecified atom stereocenters. The Morgan fingerprint density at radius 1 is 1.19 bits per heavy atom. The molecular formula is C12H13N3O. The molecule has 0 aliphatic heterocycles.